The van der Waals surface area contributed by atoms with Crippen molar-refractivity contribution in [2.45, 2.75) is 18.9 Å². The van der Waals surface area contributed by atoms with Gasteiger partial charge in [-0.1, -0.05) is 15.9 Å². The standard InChI is InChI=1S/C11H16BrFN2O/c1-16-3-2-11(15-14)6-8-4-9(12)7-10(13)5-8/h4-5,7,11,15H,2-3,6,14H2,1H3. The topological polar surface area (TPSA) is 47.3 Å². The first-order valence-corrected chi connectivity index (χ1v) is 5.85. The zero-order valence-electron chi connectivity index (χ0n) is 9.17. The van der Waals surface area contributed by atoms with E-state index in [1.807, 2.05) is 6.07 Å². The van der Waals surface area contributed by atoms with Gasteiger partial charge < -0.3 is 4.74 Å². The number of hydrazine groups is 1. The van der Waals surface area contributed by atoms with Gasteiger partial charge in [-0.15, -0.1) is 0 Å². The van der Waals surface area contributed by atoms with Crippen molar-refractivity contribution in [3.05, 3.63) is 34.1 Å². The van der Waals surface area contributed by atoms with Crippen LogP contribution < -0.4 is 11.3 Å². The predicted octanol–water partition coefficient (Wildman–Crippen LogP) is 2.00. The molecule has 1 unspecified atom stereocenters. The van der Waals surface area contributed by atoms with Crippen molar-refractivity contribution >= 4 is 15.9 Å². The quantitative estimate of drug-likeness (QED) is 0.622. The molecule has 5 heteroatoms. The van der Waals surface area contributed by atoms with Gasteiger partial charge in [0.05, 0.1) is 0 Å². The molecule has 0 saturated heterocycles. The molecule has 90 valence electrons. The van der Waals surface area contributed by atoms with Crippen LogP contribution in [0.5, 0.6) is 0 Å². The smallest absolute Gasteiger partial charge is 0.124 e. The molecule has 0 fully saturated rings. The van der Waals surface area contributed by atoms with Gasteiger partial charge in [-0.25, -0.2) is 4.39 Å². The molecule has 0 bridgehead atoms. The number of methoxy groups -OCH3 is 1. The van der Waals surface area contributed by atoms with Gasteiger partial charge in [0.15, 0.2) is 0 Å². The van der Waals surface area contributed by atoms with E-state index < -0.39 is 0 Å². The lowest BCUT2D eigenvalue weighted by Crippen LogP contribution is -2.37. The van der Waals surface area contributed by atoms with Gasteiger partial charge in [-0.05, 0) is 36.6 Å². The second kappa shape index (κ2) is 6.96. The number of nitrogens with one attached hydrogen (secondary N) is 1. The van der Waals surface area contributed by atoms with E-state index in [1.165, 1.54) is 12.1 Å². The Morgan fingerprint density at radius 3 is 2.81 bits per heavy atom. The molecule has 3 nitrogen and oxygen atoms in total. The Kier molecular flexibility index (Phi) is 5.90. The zero-order valence-corrected chi connectivity index (χ0v) is 10.8. The highest BCUT2D eigenvalue weighted by molar-refractivity contribution is 9.10. The Morgan fingerprint density at radius 2 is 2.25 bits per heavy atom. The van der Waals surface area contributed by atoms with E-state index in [0.29, 0.717) is 13.0 Å². The minimum absolute atomic E-state index is 0.0913. The summed E-state index contributed by atoms with van der Waals surface area (Å²) >= 11 is 3.26. The van der Waals surface area contributed by atoms with Gasteiger partial charge in [0.25, 0.3) is 0 Å². The number of halogens is 2. The minimum atomic E-state index is -0.244. The Labute approximate surface area is 103 Å². The summed E-state index contributed by atoms with van der Waals surface area (Å²) in [6, 6.07) is 4.93. The minimum Gasteiger partial charge on any atom is -0.385 e. The summed E-state index contributed by atoms with van der Waals surface area (Å²) < 4.78 is 18.8. The van der Waals surface area contributed by atoms with Gasteiger partial charge in [0, 0.05) is 24.2 Å². The maximum absolute atomic E-state index is 13.1. The third-order valence-electron chi connectivity index (χ3n) is 2.31. The van der Waals surface area contributed by atoms with E-state index >= 15 is 0 Å². The monoisotopic (exact) mass is 290 g/mol. The van der Waals surface area contributed by atoms with Crippen LogP contribution in [0.25, 0.3) is 0 Å². The van der Waals surface area contributed by atoms with E-state index in [-0.39, 0.29) is 11.9 Å². The van der Waals surface area contributed by atoms with Gasteiger partial charge in [-0.3, -0.25) is 11.3 Å². The van der Waals surface area contributed by atoms with E-state index in [2.05, 4.69) is 21.4 Å². The first-order valence-electron chi connectivity index (χ1n) is 5.05. The first-order chi connectivity index (χ1) is 7.65. The first kappa shape index (κ1) is 13.6. The molecule has 0 aliphatic carbocycles. The van der Waals surface area contributed by atoms with Crippen molar-refractivity contribution < 1.29 is 9.13 Å². The average molecular weight is 291 g/mol. The van der Waals surface area contributed by atoms with Crippen molar-refractivity contribution in [3.8, 4) is 0 Å². The Bertz CT molecular complexity index is 316. The molecule has 1 rings (SSSR count). The molecule has 0 amide bonds. The summed E-state index contributed by atoms with van der Waals surface area (Å²) in [5, 5.41) is 0. The average Bonchev–Trinajstić information content (AvgIpc) is 2.22. The molecule has 16 heavy (non-hydrogen) atoms. The highest BCUT2D eigenvalue weighted by Gasteiger charge is 2.08. The second-order valence-corrected chi connectivity index (χ2v) is 4.54. The molecule has 1 aromatic rings. The fourth-order valence-electron chi connectivity index (χ4n) is 1.52. The van der Waals surface area contributed by atoms with Crippen LogP contribution in [0, 0.1) is 5.82 Å². The van der Waals surface area contributed by atoms with Gasteiger partial charge in [-0.2, -0.15) is 0 Å². The Balaban J connectivity index is 2.62. The van der Waals surface area contributed by atoms with Crippen molar-refractivity contribution in [2.75, 3.05) is 13.7 Å². The fourth-order valence-corrected chi connectivity index (χ4v) is 2.03. The summed E-state index contributed by atoms with van der Waals surface area (Å²) in [7, 11) is 1.65. The molecular weight excluding hydrogens is 275 g/mol. The van der Waals surface area contributed by atoms with Crippen LogP contribution >= 0.6 is 15.9 Å². The number of ether oxygens (including phenoxy) is 1. The van der Waals surface area contributed by atoms with Crippen LogP contribution in [0.1, 0.15) is 12.0 Å². The summed E-state index contributed by atoms with van der Waals surface area (Å²) in [4.78, 5) is 0. The van der Waals surface area contributed by atoms with Crippen molar-refractivity contribution in [1.82, 2.24) is 5.43 Å². The maximum atomic E-state index is 13.1. The van der Waals surface area contributed by atoms with E-state index in [1.54, 1.807) is 7.11 Å². The molecule has 0 saturated carbocycles. The molecule has 1 atom stereocenters. The van der Waals surface area contributed by atoms with Crippen LogP contribution in [-0.4, -0.2) is 19.8 Å². The molecule has 0 aliphatic heterocycles. The van der Waals surface area contributed by atoms with Crippen LogP contribution in [0.3, 0.4) is 0 Å². The highest BCUT2D eigenvalue weighted by atomic mass is 79.9. The lowest BCUT2D eigenvalue weighted by Gasteiger charge is -2.15. The molecule has 0 aliphatic rings. The molecule has 0 spiro atoms. The van der Waals surface area contributed by atoms with E-state index in [0.717, 1.165) is 16.5 Å². The SMILES string of the molecule is COCCC(Cc1cc(F)cc(Br)c1)NN. The van der Waals surface area contributed by atoms with Gasteiger partial charge in [0.2, 0.25) is 0 Å². The molecule has 1 aromatic carbocycles. The second-order valence-electron chi connectivity index (χ2n) is 3.63. The number of hydrogen-bond acceptors (Lipinski definition) is 3. The van der Waals surface area contributed by atoms with Crippen molar-refractivity contribution in [3.63, 3.8) is 0 Å². The molecule has 0 radical (unpaired) electrons. The molecule has 3 N–H and O–H groups in total. The lowest BCUT2D eigenvalue weighted by atomic mass is 10.0. The Morgan fingerprint density at radius 1 is 1.50 bits per heavy atom. The molecule has 0 aromatic heterocycles. The highest BCUT2D eigenvalue weighted by Crippen LogP contribution is 2.16. The van der Waals surface area contributed by atoms with Crippen LogP contribution in [0.2, 0.25) is 0 Å². The summed E-state index contributed by atoms with van der Waals surface area (Å²) in [6.07, 6.45) is 1.47. The van der Waals surface area contributed by atoms with Crippen molar-refractivity contribution in [2.24, 2.45) is 5.84 Å². The predicted molar refractivity (Wildman–Crippen MR) is 65.4 cm³/mol. The van der Waals surface area contributed by atoms with Crippen molar-refractivity contribution in [1.29, 1.82) is 0 Å². The largest absolute Gasteiger partial charge is 0.385 e. The van der Waals surface area contributed by atoms with Crippen LogP contribution in [0.15, 0.2) is 22.7 Å². The normalized spacial score (nSPS) is 12.8. The van der Waals surface area contributed by atoms with E-state index in [4.69, 9.17) is 10.6 Å². The molecule has 0 heterocycles. The fraction of sp³-hybridized carbons (Fsp3) is 0.455. The number of nitrogens with two attached hydrogens (primary N) is 1. The third kappa shape index (κ3) is 4.57. The summed E-state index contributed by atoms with van der Waals surface area (Å²) in [6.45, 7) is 0.630. The maximum Gasteiger partial charge on any atom is 0.124 e. The van der Waals surface area contributed by atoms with Crippen LogP contribution in [0.4, 0.5) is 4.39 Å². The lowest BCUT2D eigenvalue weighted by molar-refractivity contribution is 0.182. The number of rotatable bonds is 6. The van der Waals surface area contributed by atoms with Gasteiger partial charge >= 0.3 is 0 Å². The van der Waals surface area contributed by atoms with E-state index in [9.17, 15) is 4.39 Å². The number of hydrogen-bond donors (Lipinski definition) is 2. The zero-order chi connectivity index (χ0) is 12.0. The summed E-state index contributed by atoms with van der Waals surface area (Å²) in [5.74, 6) is 5.18. The summed E-state index contributed by atoms with van der Waals surface area (Å²) in [5.41, 5.74) is 3.61. The van der Waals surface area contributed by atoms with Gasteiger partial charge in [0.1, 0.15) is 5.82 Å². The van der Waals surface area contributed by atoms with Crippen LogP contribution in [-0.2, 0) is 11.2 Å². The molecular formula is C11H16BrFN2O. The number of benzene rings is 1. The third-order valence-corrected chi connectivity index (χ3v) is 2.77. The Hall–Kier alpha value is -0.490.